The van der Waals surface area contributed by atoms with E-state index in [0.717, 1.165) is 24.2 Å². The Morgan fingerprint density at radius 1 is 0.382 bits per heavy atom. The third kappa shape index (κ3) is 7.43. The first-order chi connectivity index (χ1) is 27.3. The molecule has 1 heteroatoms. The van der Waals surface area contributed by atoms with Gasteiger partial charge in [0.2, 0.25) is 0 Å². The summed E-state index contributed by atoms with van der Waals surface area (Å²) in [5.74, 6) is 0.823. The molecule has 7 aromatic rings. The Hall–Kier alpha value is -6.70. The molecule has 0 saturated heterocycles. The molecule has 0 radical (unpaired) electrons. The van der Waals surface area contributed by atoms with Gasteiger partial charge in [-0.05, 0) is 98.8 Å². The van der Waals surface area contributed by atoms with Gasteiger partial charge in [-0.25, -0.2) is 0 Å². The van der Waals surface area contributed by atoms with Gasteiger partial charge in [-0.3, -0.25) is 0 Å². The van der Waals surface area contributed by atoms with Crippen molar-refractivity contribution in [2.45, 2.75) is 24.7 Å². The van der Waals surface area contributed by atoms with Crippen molar-refractivity contribution in [2.24, 2.45) is 0 Å². The second-order valence-corrected chi connectivity index (χ2v) is 14.4. The minimum absolute atomic E-state index is 0.363. The van der Waals surface area contributed by atoms with Gasteiger partial charge in [0.05, 0.1) is 0 Å². The Morgan fingerprint density at radius 2 is 0.891 bits per heavy atom. The first-order valence-corrected chi connectivity index (χ1v) is 19.4. The van der Waals surface area contributed by atoms with Gasteiger partial charge in [-0.2, -0.15) is 0 Å². The zero-order valence-corrected chi connectivity index (χ0v) is 30.9. The molecule has 2 aliphatic carbocycles. The molecule has 7 aromatic carbocycles. The van der Waals surface area contributed by atoms with Crippen LogP contribution < -0.4 is 4.90 Å². The van der Waals surface area contributed by atoms with Crippen molar-refractivity contribution in [3.8, 4) is 44.5 Å². The third-order valence-electron chi connectivity index (χ3n) is 11.0. The van der Waals surface area contributed by atoms with Crippen molar-refractivity contribution in [2.75, 3.05) is 4.90 Å². The van der Waals surface area contributed by atoms with E-state index in [1.165, 1.54) is 61.3 Å². The van der Waals surface area contributed by atoms with Gasteiger partial charge in [0.15, 0.2) is 0 Å². The Morgan fingerprint density at radius 3 is 1.51 bits per heavy atom. The predicted octanol–water partition coefficient (Wildman–Crippen LogP) is 14.7. The smallest absolute Gasteiger partial charge is 0.0468 e. The lowest BCUT2D eigenvalue weighted by Crippen LogP contribution is -2.17. The Labute approximate surface area is 325 Å². The molecule has 0 bridgehead atoms. The molecule has 0 aliphatic heterocycles. The molecule has 0 amide bonds. The fraction of sp³-hybridized carbons (Fsp3) is 0.0741. The summed E-state index contributed by atoms with van der Waals surface area (Å²) in [5.41, 5.74) is 15.9. The van der Waals surface area contributed by atoms with Crippen LogP contribution >= 0.6 is 0 Å². The molecule has 0 N–H and O–H groups in total. The highest BCUT2D eigenvalue weighted by molar-refractivity contribution is 5.88. The Kier molecular flexibility index (Phi) is 9.75. The molecule has 1 nitrogen and oxygen atoms in total. The minimum atomic E-state index is 0.363. The van der Waals surface area contributed by atoms with Crippen molar-refractivity contribution in [1.29, 1.82) is 0 Å². The predicted molar refractivity (Wildman–Crippen MR) is 233 cm³/mol. The van der Waals surface area contributed by atoms with E-state index in [9.17, 15) is 0 Å². The van der Waals surface area contributed by atoms with Crippen LogP contribution in [-0.4, -0.2) is 0 Å². The van der Waals surface area contributed by atoms with Crippen LogP contribution in [0.3, 0.4) is 0 Å². The maximum atomic E-state index is 2.41. The molecule has 2 aliphatic rings. The first-order valence-electron chi connectivity index (χ1n) is 19.4. The number of hydrogen-bond acceptors (Lipinski definition) is 1. The van der Waals surface area contributed by atoms with E-state index in [4.69, 9.17) is 0 Å². The molecule has 0 spiro atoms. The van der Waals surface area contributed by atoms with Gasteiger partial charge >= 0.3 is 0 Å². The van der Waals surface area contributed by atoms with Crippen molar-refractivity contribution >= 4 is 11.4 Å². The van der Waals surface area contributed by atoms with Crippen LogP contribution in [0.15, 0.2) is 230 Å². The number of allylic oxidation sites excluding steroid dienone is 7. The van der Waals surface area contributed by atoms with Crippen molar-refractivity contribution in [3.05, 3.63) is 241 Å². The lowest BCUT2D eigenvalue weighted by Gasteiger charge is -2.30. The van der Waals surface area contributed by atoms with E-state index in [0.29, 0.717) is 11.8 Å². The molecule has 264 valence electrons. The fourth-order valence-electron chi connectivity index (χ4n) is 7.98. The molecule has 0 fully saturated rings. The Bertz CT molecular complexity index is 2490. The molecule has 0 heterocycles. The van der Waals surface area contributed by atoms with Gasteiger partial charge in [0.25, 0.3) is 0 Å². The fourth-order valence-corrected chi connectivity index (χ4v) is 7.98. The van der Waals surface area contributed by atoms with E-state index < -0.39 is 0 Å². The van der Waals surface area contributed by atoms with Crippen LogP contribution in [0.2, 0.25) is 0 Å². The largest absolute Gasteiger partial charge is 0.311 e. The number of nitrogens with zero attached hydrogens (tertiary/aromatic N) is 1. The average Bonchev–Trinajstić information content (AvgIpc) is 3.28. The van der Waals surface area contributed by atoms with Crippen LogP contribution in [0, 0.1) is 0 Å². The van der Waals surface area contributed by atoms with E-state index in [1.54, 1.807) is 0 Å². The SMILES string of the molecule is C1=CCC(c2ccc(-c3ccc(-c4ccc(N(C5=CCC(c6ccccc6)C=C5)c5ccc(-c6ccccc6)cc5)cc4-c4ccccc4)cc3)cc2)C=C1. The molecule has 55 heavy (non-hydrogen) atoms. The summed E-state index contributed by atoms with van der Waals surface area (Å²) < 4.78 is 0. The minimum Gasteiger partial charge on any atom is -0.311 e. The zero-order valence-electron chi connectivity index (χ0n) is 30.9. The number of hydrogen-bond donors (Lipinski definition) is 0. The monoisotopic (exact) mass is 705 g/mol. The standard InChI is InChI=1S/C54H43N/c1-5-13-40(14-6-1)43-21-23-44(24-22-43)45-25-27-49(28-26-45)53-38-37-52(39-54(53)48-19-11-4-12-20-48)55(50-33-29-46(30-34-50)41-15-7-2-8-16-41)51-35-31-47(32-36-51)42-17-9-3-10-18-42/h1-13,15-31,33-40,47H,14,32H2. The van der Waals surface area contributed by atoms with Crippen LogP contribution in [0.25, 0.3) is 44.5 Å². The molecule has 9 rings (SSSR count). The van der Waals surface area contributed by atoms with Crippen molar-refractivity contribution < 1.29 is 0 Å². The van der Waals surface area contributed by atoms with Crippen LogP contribution in [0.4, 0.5) is 11.4 Å². The zero-order chi connectivity index (χ0) is 36.8. The maximum absolute atomic E-state index is 2.41. The highest BCUT2D eigenvalue weighted by atomic mass is 15.1. The highest BCUT2D eigenvalue weighted by Crippen LogP contribution is 2.41. The quantitative estimate of drug-likeness (QED) is 0.145. The molecule has 0 aromatic heterocycles. The highest BCUT2D eigenvalue weighted by Gasteiger charge is 2.20. The first kappa shape index (κ1) is 34.1. The number of anilines is 2. The van der Waals surface area contributed by atoms with E-state index in [-0.39, 0.29) is 0 Å². The lowest BCUT2D eigenvalue weighted by molar-refractivity contribution is 0.840. The van der Waals surface area contributed by atoms with Gasteiger partial charge in [0, 0.05) is 28.9 Å². The van der Waals surface area contributed by atoms with E-state index in [2.05, 4.69) is 229 Å². The summed E-state index contributed by atoms with van der Waals surface area (Å²) in [4.78, 5) is 2.41. The maximum Gasteiger partial charge on any atom is 0.0468 e. The normalized spacial score (nSPS) is 16.1. The summed E-state index contributed by atoms with van der Waals surface area (Å²) in [7, 11) is 0. The summed E-state index contributed by atoms with van der Waals surface area (Å²) in [6.45, 7) is 0. The van der Waals surface area contributed by atoms with Crippen LogP contribution in [0.1, 0.15) is 35.8 Å². The summed E-state index contributed by atoms with van der Waals surface area (Å²) >= 11 is 0. The molecule has 0 saturated carbocycles. The number of benzene rings is 7. The summed E-state index contributed by atoms with van der Waals surface area (Å²) in [5, 5.41) is 0. The van der Waals surface area contributed by atoms with Gasteiger partial charge in [0.1, 0.15) is 0 Å². The topological polar surface area (TPSA) is 3.24 Å². The molecular formula is C54H43N. The van der Waals surface area contributed by atoms with E-state index >= 15 is 0 Å². The second-order valence-electron chi connectivity index (χ2n) is 14.4. The van der Waals surface area contributed by atoms with Crippen molar-refractivity contribution in [1.82, 2.24) is 0 Å². The molecular weight excluding hydrogens is 663 g/mol. The second kappa shape index (κ2) is 15.7. The lowest BCUT2D eigenvalue weighted by atomic mass is 9.90. The van der Waals surface area contributed by atoms with Crippen LogP contribution in [0.5, 0.6) is 0 Å². The average molecular weight is 706 g/mol. The summed E-state index contributed by atoms with van der Waals surface area (Å²) in [6.07, 6.45) is 17.9. The van der Waals surface area contributed by atoms with Gasteiger partial charge in [-0.15, -0.1) is 0 Å². The molecule has 2 atom stereocenters. The number of rotatable bonds is 9. The Balaban J connectivity index is 1.07. The van der Waals surface area contributed by atoms with E-state index in [1.807, 2.05) is 0 Å². The molecule has 2 unspecified atom stereocenters. The third-order valence-corrected chi connectivity index (χ3v) is 11.0. The van der Waals surface area contributed by atoms with Crippen molar-refractivity contribution in [3.63, 3.8) is 0 Å². The van der Waals surface area contributed by atoms with Gasteiger partial charge in [-0.1, -0.05) is 194 Å². The van der Waals surface area contributed by atoms with Crippen LogP contribution in [-0.2, 0) is 0 Å². The summed E-state index contributed by atoms with van der Waals surface area (Å²) in [6, 6.07) is 66.3. The van der Waals surface area contributed by atoms with Gasteiger partial charge < -0.3 is 4.90 Å².